The number of ketones is 2. The fraction of sp³-hybridized carbons (Fsp3) is 0.600. The number of hydrogen-bond donors (Lipinski definition) is 0. The second kappa shape index (κ2) is 5.33. The largest absolute Gasteiger partial charge is 0.299 e. The second-order valence-corrected chi connectivity index (χ2v) is 7.91. The van der Waals surface area contributed by atoms with E-state index in [0.717, 1.165) is 42.6 Å². The first kappa shape index (κ1) is 14.2. The van der Waals surface area contributed by atoms with E-state index in [0.29, 0.717) is 18.6 Å². The van der Waals surface area contributed by atoms with E-state index in [1.54, 1.807) is 0 Å². The molecule has 116 valence electrons. The van der Waals surface area contributed by atoms with Gasteiger partial charge in [0.2, 0.25) is 0 Å². The van der Waals surface area contributed by atoms with Crippen molar-refractivity contribution in [2.24, 2.45) is 23.2 Å². The van der Waals surface area contributed by atoms with E-state index >= 15 is 0 Å². The minimum atomic E-state index is -0.0499. The molecule has 0 saturated heterocycles. The SMILES string of the molecule is O=C(CCC(=O)C12CC3CC(CC(C3)C1)C2)c1ccccc1. The van der Waals surface area contributed by atoms with Crippen LogP contribution in [0, 0.1) is 23.2 Å². The normalized spacial score (nSPS) is 35.5. The summed E-state index contributed by atoms with van der Waals surface area (Å²) >= 11 is 0. The first-order valence-electron chi connectivity index (χ1n) is 8.76. The van der Waals surface area contributed by atoms with Crippen molar-refractivity contribution in [3.8, 4) is 0 Å². The second-order valence-electron chi connectivity index (χ2n) is 7.91. The van der Waals surface area contributed by atoms with Gasteiger partial charge in [0.05, 0.1) is 0 Å². The molecule has 5 rings (SSSR count). The van der Waals surface area contributed by atoms with Crippen LogP contribution in [0.5, 0.6) is 0 Å². The molecule has 0 spiro atoms. The van der Waals surface area contributed by atoms with Crippen molar-refractivity contribution >= 4 is 11.6 Å². The molecular weight excluding hydrogens is 272 g/mol. The molecule has 22 heavy (non-hydrogen) atoms. The topological polar surface area (TPSA) is 34.1 Å². The van der Waals surface area contributed by atoms with E-state index in [2.05, 4.69) is 0 Å². The van der Waals surface area contributed by atoms with Gasteiger partial charge in [0.15, 0.2) is 5.78 Å². The Morgan fingerprint density at radius 1 is 0.864 bits per heavy atom. The number of carbonyl (C=O) groups is 2. The molecule has 4 saturated carbocycles. The summed E-state index contributed by atoms with van der Waals surface area (Å²) in [4.78, 5) is 25.1. The third-order valence-electron chi connectivity index (χ3n) is 6.30. The molecule has 4 bridgehead atoms. The van der Waals surface area contributed by atoms with Crippen molar-refractivity contribution < 1.29 is 9.59 Å². The average molecular weight is 296 g/mol. The van der Waals surface area contributed by atoms with Gasteiger partial charge in [-0.15, -0.1) is 0 Å². The Hall–Kier alpha value is -1.44. The Labute approximate surface area is 132 Å². The maximum Gasteiger partial charge on any atom is 0.163 e. The van der Waals surface area contributed by atoms with Crippen molar-refractivity contribution in [2.75, 3.05) is 0 Å². The smallest absolute Gasteiger partial charge is 0.163 e. The van der Waals surface area contributed by atoms with E-state index in [9.17, 15) is 9.59 Å². The number of hydrogen-bond acceptors (Lipinski definition) is 2. The lowest BCUT2D eigenvalue weighted by Gasteiger charge is -2.56. The summed E-state index contributed by atoms with van der Waals surface area (Å²) in [5.74, 6) is 2.87. The summed E-state index contributed by atoms with van der Waals surface area (Å²) < 4.78 is 0. The summed E-state index contributed by atoms with van der Waals surface area (Å²) in [7, 11) is 0. The molecule has 0 heterocycles. The fourth-order valence-electron chi connectivity index (χ4n) is 5.71. The highest BCUT2D eigenvalue weighted by atomic mass is 16.1. The lowest BCUT2D eigenvalue weighted by molar-refractivity contribution is -0.143. The van der Waals surface area contributed by atoms with Crippen LogP contribution in [0.2, 0.25) is 0 Å². The molecule has 0 atom stereocenters. The minimum absolute atomic E-state index is 0.0499. The van der Waals surface area contributed by atoms with E-state index in [4.69, 9.17) is 0 Å². The van der Waals surface area contributed by atoms with Crippen molar-refractivity contribution in [3.63, 3.8) is 0 Å². The van der Waals surface area contributed by atoms with E-state index in [-0.39, 0.29) is 11.2 Å². The van der Waals surface area contributed by atoms with Crippen LogP contribution in [-0.2, 0) is 4.79 Å². The van der Waals surface area contributed by atoms with Gasteiger partial charge in [-0.3, -0.25) is 9.59 Å². The minimum Gasteiger partial charge on any atom is -0.299 e. The lowest BCUT2D eigenvalue weighted by Crippen LogP contribution is -2.50. The number of benzene rings is 1. The zero-order valence-electron chi connectivity index (χ0n) is 13.1. The summed E-state index contributed by atoms with van der Waals surface area (Å²) in [6, 6.07) is 9.37. The van der Waals surface area contributed by atoms with E-state index in [1.807, 2.05) is 30.3 Å². The van der Waals surface area contributed by atoms with Gasteiger partial charge in [-0.25, -0.2) is 0 Å². The van der Waals surface area contributed by atoms with Gasteiger partial charge in [-0.1, -0.05) is 30.3 Å². The predicted molar refractivity (Wildman–Crippen MR) is 85.6 cm³/mol. The summed E-state index contributed by atoms with van der Waals surface area (Å²) in [5.41, 5.74) is 0.687. The molecule has 0 amide bonds. The molecule has 0 unspecified atom stereocenters. The quantitative estimate of drug-likeness (QED) is 0.753. The van der Waals surface area contributed by atoms with Crippen LogP contribution >= 0.6 is 0 Å². The van der Waals surface area contributed by atoms with Crippen molar-refractivity contribution in [3.05, 3.63) is 35.9 Å². The molecule has 0 aliphatic heterocycles. The molecule has 0 N–H and O–H groups in total. The van der Waals surface area contributed by atoms with E-state index in [1.165, 1.54) is 19.3 Å². The molecule has 0 aromatic heterocycles. The molecule has 1 aromatic rings. The van der Waals surface area contributed by atoms with Crippen LogP contribution in [0.1, 0.15) is 61.7 Å². The van der Waals surface area contributed by atoms with Crippen LogP contribution in [0.3, 0.4) is 0 Å². The van der Waals surface area contributed by atoms with Gasteiger partial charge in [0.25, 0.3) is 0 Å². The molecule has 4 aliphatic carbocycles. The molecule has 4 fully saturated rings. The van der Waals surface area contributed by atoms with Crippen LogP contribution in [0.4, 0.5) is 0 Å². The third-order valence-corrected chi connectivity index (χ3v) is 6.30. The molecule has 4 aliphatic rings. The van der Waals surface area contributed by atoms with Crippen molar-refractivity contribution in [2.45, 2.75) is 51.4 Å². The Morgan fingerprint density at radius 3 is 1.95 bits per heavy atom. The average Bonchev–Trinajstić information content (AvgIpc) is 2.51. The Morgan fingerprint density at radius 2 is 1.41 bits per heavy atom. The summed E-state index contributed by atoms with van der Waals surface area (Å²) in [6.07, 6.45) is 8.22. The number of Topliss-reactive ketones (excluding diaryl/α,β-unsaturated/α-hetero) is 2. The first-order chi connectivity index (χ1) is 10.6. The predicted octanol–water partition coefficient (Wildman–Crippen LogP) is 4.44. The fourth-order valence-corrected chi connectivity index (χ4v) is 5.71. The molecule has 0 radical (unpaired) electrons. The van der Waals surface area contributed by atoms with Crippen LogP contribution < -0.4 is 0 Å². The van der Waals surface area contributed by atoms with Gasteiger partial charge in [-0.2, -0.15) is 0 Å². The standard InChI is InChI=1S/C20H24O2/c21-18(17-4-2-1-3-5-17)6-7-19(22)20-11-14-8-15(12-20)10-16(9-14)13-20/h1-5,14-16H,6-13H2. The van der Waals surface area contributed by atoms with Gasteiger partial charge >= 0.3 is 0 Å². The zero-order valence-corrected chi connectivity index (χ0v) is 13.1. The highest BCUT2D eigenvalue weighted by Crippen LogP contribution is 2.60. The van der Waals surface area contributed by atoms with E-state index < -0.39 is 0 Å². The Balaban J connectivity index is 1.41. The number of carbonyl (C=O) groups excluding carboxylic acids is 2. The molecule has 2 nitrogen and oxygen atoms in total. The Bertz CT molecular complexity index is 552. The van der Waals surface area contributed by atoms with Crippen molar-refractivity contribution in [1.82, 2.24) is 0 Å². The highest BCUT2D eigenvalue weighted by molar-refractivity contribution is 5.98. The third kappa shape index (κ3) is 2.43. The maximum atomic E-state index is 12.9. The van der Waals surface area contributed by atoms with Gasteiger partial charge in [-0.05, 0) is 56.3 Å². The Kier molecular flexibility index (Phi) is 3.43. The van der Waals surface area contributed by atoms with Crippen LogP contribution in [0.15, 0.2) is 30.3 Å². The summed E-state index contributed by atoms with van der Waals surface area (Å²) in [6.45, 7) is 0. The molecular formula is C20H24O2. The molecule has 2 heteroatoms. The van der Waals surface area contributed by atoms with Crippen LogP contribution in [-0.4, -0.2) is 11.6 Å². The zero-order chi connectivity index (χ0) is 15.2. The monoisotopic (exact) mass is 296 g/mol. The van der Waals surface area contributed by atoms with Gasteiger partial charge < -0.3 is 0 Å². The lowest BCUT2D eigenvalue weighted by atomic mass is 9.48. The molecule has 1 aromatic carbocycles. The van der Waals surface area contributed by atoms with Crippen LogP contribution in [0.25, 0.3) is 0 Å². The van der Waals surface area contributed by atoms with Gasteiger partial charge in [0, 0.05) is 23.8 Å². The highest BCUT2D eigenvalue weighted by Gasteiger charge is 2.53. The van der Waals surface area contributed by atoms with Crippen molar-refractivity contribution in [1.29, 1.82) is 0 Å². The first-order valence-corrected chi connectivity index (χ1v) is 8.76. The van der Waals surface area contributed by atoms with Gasteiger partial charge in [0.1, 0.15) is 5.78 Å². The maximum absolute atomic E-state index is 12.9. The number of rotatable bonds is 5. The summed E-state index contributed by atoms with van der Waals surface area (Å²) in [5, 5.41) is 0.